The van der Waals surface area contributed by atoms with Gasteiger partial charge in [0.1, 0.15) is 11.5 Å². The number of rotatable bonds is 4. The lowest BCUT2D eigenvalue weighted by molar-refractivity contribution is -0.175. The van der Waals surface area contributed by atoms with E-state index in [0.29, 0.717) is 22.4 Å². The molecule has 3 aliphatic carbocycles. The molecule has 2 fully saturated rings. The zero-order chi connectivity index (χ0) is 26.8. The zero-order valence-electron chi connectivity index (χ0n) is 20.0. The molecule has 3 aliphatic rings. The summed E-state index contributed by atoms with van der Waals surface area (Å²) >= 11 is 0. The molecule has 0 aliphatic heterocycles. The summed E-state index contributed by atoms with van der Waals surface area (Å²) in [5, 5.41) is 22.0. The van der Waals surface area contributed by atoms with Gasteiger partial charge in [0.25, 0.3) is 0 Å². The smallest absolute Gasteiger partial charge is 0.235 e. The van der Waals surface area contributed by atoms with Gasteiger partial charge < -0.3 is 20.7 Å². The molecule has 37 heavy (non-hydrogen) atoms. The number of amides is 1. The van der Waals surface area contributed by atoms with Crippen molar-refractivity contribution in [3.05, 3.63) is 53.6 Å². The average molecular weight is 504 g/mol. The molecule has 0 heterocycles. The van der Waals surface area contributed by atoms with Crippen LogP contribution in [-0.4, -0.2) is 52.0 Å². The highest BCUT2D eigenvalue weighted by Gasteiger charge is 2.66. The molecular weight excluding hydrogens is 478 g/mol. The maximum atomic E-state index is 13.7. The van der Waals surface area contributed by atoms with Crippen molar-refractivity contribution in [2.24, 2.45) is 29.4 Å². The van der Waals surface area contributed by atoms with Crippen molar-refractivity contribution in [2.45, 2.75) is 24.9 Å². The Morgan fingerprint density at radius 3 is 2.49 bits per heavy atom. The average Bonchev–Trinajstić information content (AvgIpc) is 2.85. The van der Waals surface area contributed by atoms with E-state index in [1.165, 1.54) is 13.2 Å². The van der Waals surface area contributed by atoms with Gasteiger partial charge in [0.2, 0.25) is 5.91 Å². The fourth-order valence-corrected chi connectivity index (χ4v) is 6.28. The van der Waals surface area contributed by atoms with Crippen LogP contribution in [0.1, 0.15) is 34.3 Å². The molecule has 9 heteroatoms. The molecule has 0 aromatic heterocycles. The molecule has 0 saturated heterocycles. The van der Waals surface area contributed by atoms with Crippen molar-refractivity contribution in [3.8, 4) is 22.6 Å². The second kappa shape index (κ2) is 8.48. The molecule has 9 nitrogen and oxygen atoms in total. The third-order valence-corrected chi connectivity index (χ3v) is 8.04. The zero-order valence-corrected chi connectivity index (χ0v) is 20.0. The minimum atomic E-state index is -2.67. The fraction of sp³-hybridized carbons (Fsp3) is 0.321. The number of carbonyl (C=O) groups excluding carboxylic acids is 5. The first-order valence-electron chi connectivity index (χ1n) is 11.9. The molecule has 0 radical (unpaired) electrons. The minimum absolute atomic E-state index is 0.0278. The summed E-state index contributed by atoms with van der Waals surface area (Å²) in [5.41, 5.74) is 5.07. The third kappa shape index (κ3) is 3.37. The highest BCUT2D eigenvalue weighted by atomic mass is 16.5. The normalized spacial score (nSPS) is 28.7. The van der Waals surface area contributed by atoms with Gasteiger partial charge >= 0.3 is 0 Å². The number of ether oxygens (including phenoxy) is 1. The van der Waals surface area contributed by atoms with Crippen LogP contribution in [0.4, 0.5) is 0 Å². The molecule has 4 N–H and O–H groups in total. The number of fused-ring (bicyclic) bond motifs is 3. The Hall–Kier alpha value is -4.11. The number of ketones is 4. The number of primary amides is 1. The van der Waals surface area contributed by atoms with Crippen molar-refractivity contribution in [3.63, 3.8) is 0 Å². The van der Waals surface area contributed by atoms with Gasteiger partial charge in [-0.2, -0.15) is 0 Å². The number of phenolic OH excluding ortho intramolecular Hbond substituents is 1. The van der Waals surface area contributed by atoms with E-state index in [1.807, 2.05) is 12.1 Å². The van der Waals surface area contributed by atoms with Crippen molar-refractivity contribution < 1.29 is 38.9 Å². The van der Waals surface area contributed by atoms with Crippen molar-refractivity contribution >= 4 is 35.1 Å². The Labute approximate surface area is 211 Å². The predicted octanol–water partition coefficient (Wildman–Crippen LogP) is 1.65. The molecule has 5 atom stereocenters. The van der Waals surface area contributed by atoms with Gasteiger partial charge in [-0.1, -0.05) is 24.8 Å². The molecule has 1 amide bonds. The third-order valence-electron chi connectivity index (χ3n) is 8.04. The van der Waals surface area contributed by atoms with Gasteiger partial charge in [0.05, 0.1) is 18.6 Å². The summed E-state index contributed by atoms with van der Waals surface area (Å²) in [6.45, 7) is 3.79. The highest BCUT2D eigenvalue weighted by molar-refractivity contribution is 6.31. The molecule has 2 unspecified atom stereocenters. The second-order valence-corrected chi connectivity index (χ2v) is 9.89. The Morgan fingerprint density at radius 2 is 1.84 bits per heavy atom. The summed E-state index contributed by atoms with van der Waals surface area (Å²) in [6.07, 6.45) is 1.49. The van der Waals surface area contributed by atoms with Gasteiger partial charge in [0, 0.05) is 17.9 Å². The van der Waals surface area contributed by atoms with E-state index < -0.39 is 58.3 Å². The van der Waals surface area contributed by atoms with Crippen LogP contribution < -0.4 is 10.5 Å². The van der Waals surface area contributed by atoms with Crippen LogP contribution in [0.25, 0.3) is 17.2 Å². The Balaban J connectivity index is 1.64. The molecule has 0 bridgehead atoms. The van der Waals surface area contributed by atoms with E-state index in [2.05, 4.69) is 6.58 Å². The molecular formula is C28H25NO8. The number of benzene rings is 2. The molecule has 5 rings (SSSR count). The summed E-state index contributed by atoms with van der Waals surface area (Å²) < 4.78 is 5.53. The second-order valence-electron chi connectivity index (χ2n) is 9.89. The maximum Gasteiger partial charge on any atom is 0.235 e. The van der Waals surface area contributed by atoms with E-state index in [1.54, 1.807) is 18.2 Å². The lowest BCUT2D eigenvalue weighted by Gasteiger charge is -2.48. The lowest BCUT2D eigenvalue weighted by atomic mass is 9.53. The first kappa shape index (κ1) is 24.6. The van der Waals surface area contributed by atoms with Crippen LogP contribution in [0.2, 0.25) is 0 Å². The quantitative estimate of drug-likeness (QED) is 0.531. The summed E-state index contributed by atoms with van der Waals surface area (Å²) in [6, 6.07) is 8.43. The van der Waals surface area contributed by atoms with E-state index >= 15 is 0 Å². The first-order chi connectivity index (χ1) is 17.5. The fourth-order valence-electron chi connectivity index (χ4n) is 6.28. The number of carbonyl (C=O) groups is 5. The number of phenols is 1. The van der Waals surface area contributed by atoms with Crippen LogP contribution in [0.3, 0.4) is 0 Å². The molecule has 2 aromatic rings. The maximum absolute atomic E-state index is 13.7. The minimum Gasteiger partial charge on any atom is -0.507 e. The number of Topliss-reactive ketones (excluding diaryl/α,β-unsaturated/α-hetero) is 4. The molecule has 0 spiro atoms. The van der Waals surface area contributed by atoms with E-state index in [4.69, 9.17) is 10.5 Å². The SMILES string of the molecule is C=Cc1ccc(OC)c(-c2ccc(O)c3c2C[C@H]2C[C@H]4CC(=O)C(C(N)=O)C(=O)[C@@]4(O)C(=O)C2C3=O)c1. The standard InChI is InChI=1S/C28H25NO8/c1-3-12-4-7-20(37-2)16(8-12)15-5-6-18(30)22-17(15)10-13-9-14-11-19(31)23(27(29)35)26(34)28(14,36)25(33)21(13)24(22)32/h3-8,13-14,21,23,30,36H,1,9-11H2,2H3,(H2,29,35)/t13-,14+,21?,23?,28+/m1/s1. The number of methoxy groups -OCH3 is 1. The van der Waals surface area contributed by atoms with Crippen molar-refractivity contribution in [1.29, 1.82) is 0 Å². The monoisotopic (exact) mass is 503 g/mol. The Morgan fingerprint density at radius 1 is 1.11 bits per heavy atom. The lowest BCUT2D eigenvalue weighted by Crippen LogP contribution is -2.68. The Kier molecular flexibility index (Phi) is 5.64. The van der Waals surface area contributed by atoms with E-state index in [-0.39, 0.29) is 30.6 Å². The predicted molar refractivity (Wildman–Crippen MR) is 131 cm³/mol. The van der Waals surface area contributed by atoms with Crippen LogP contribution in [0.5, 0.6) is 11.5 Å². The largest absolute Gasteiger partial charge is 0.507 e. The molecule has 2 aromatic carbocycles. The number of aromatic hydroxyl groups is 1. The highest BCUT2D eigenvalue weighted by Crippen LogP contribution is 2.51. The van der Waals surface area contributed by atoms with E-state index in [0.717, 1.165) is 5.56 Å². The van der Waals surface area contributed by atoms with E-state index in [9.17, 15) is 34.2 Å². The number of aliphatic hydroxyl groups is 1. The number of hydrogen-bond acceptors (Lipinski definition) is 8. The van der Waals surface area contributed by atoms with Gasteiger partial charge in [0.15, 0.2) is 34.7 Å². The number of hydrogen-bond donors (Lipinski definition) is 3. The summed E-state index contributed by atoms with van der Waals surface area (Å²) in [7, 11) is 1.51. The van der Waals surface area contributed by atoms with Crippen LogP contribution in [0.15, 0.2) is 36.9 Å². The summed E-state index contributed by atoms with van der Waals surface area (Å²) in [5.74, 6) is -9.88. The van der Waals surface area contributed by atoms with Gasteiger partial charge in [-0.3, -0.25) is 24.0 Å². The van der Waals surface area contributed by atoms with Gasteiger partial charge in [-0.25, -0.2) is 0 Å². The molecule has 2 saturated carbocycles. The Bertz CT molecular complexity index is 1430. The number of nitrogens with two attached hydrogens (primary N) is 1. The molecule has 190 valence electrons. The first-order valence-corrected chi connectivity index (χ1v) is 11.9. The van der Waals surface area contributed by atoms with Crippen molar-refractivity contribution in [2.75, 3.05) is 7.11 Å². The van der Waals surface area contributed by atoms with Gasteiger partial charge in [-0.15, -0.1) is 0 Å². The van der Waals surface area contributed by atoms with Crippen molar-refractivity contribution in [1.82, 2.24) is 0 Å². The van der Waals surface area contributed by atoms with Crippen LogP contribution >= 0.6 is 0 Å². The topological polar surface area (TPSA) is 161 Å². The summed E-state index contributed by atoms with van der Waals surface area (Å²) in [4.78, 5) is 64.7. The van der Waals surface area contributed by atoms with Crippen LogP contribution in [0, 0.1) is 23.7 Å². The van der Waals surface area contributed by atoms with Gasteiger partial charge in [-0.05, 0) is 53.6 Å². The van der Waals surface area contributed by atoms with Crippen LogP contribution in [-0.2, 0) is 25.6 Å².